The first-order valence-corrected chi connectivity index (χ1v) is 10.8. The van der Waals surface area contributed by atoms with Gasteiger partial charge in [-0.3, -0.25) is 4.79 Å². The van der Waals surface area contributed by atoms with Gasteiger partial charge in [0.05, 0.1) is 6.54 Å². The lowest BCUT2D eigenvalue weighted by Crippen LogP contribution is -2.33. The summed E-state index contributed by atoms with van der Waals surface area (Å²) < 4.78 is 13.5. The number of hydrogen-bond acceptors (Lipinski definition) is 5. The molecule has 1 amide bonds. The first-order valence-electron chi connectivity index (χ1n) is 10.8. The summed E-state index contributed by atoms with van der Waals surface area (Å²) in [7, 11) is 1.93. The molecule has 1 unspecified atom stereocenters. The molecule has 2 heterocycles. The minimum atomic E-state index is -0.366. The number of carbonyl (C=O) groups is 1. The predicted molar refractivity (Wildman–Crippen MR) is 119 cm³/mol. The summed E-state index contributed by atoms with van der Waals surface area (Å²) in [6.07, 6.45) is 4.52. The fourth-order valence-electron chi connectivity index (χ4n) is 3.67. The molecule has 164 valence electrons. The maximum atomic E-state index is 12.5. The fraction of sp³-hybridized carbons (Fsp3) is 0.375. The first-order chi connectivity index (χ1) is 15.2. The van der Waals surface area contributed by atoms with Crippen LogP contribution in [0.3, 0.4) is 0 Å². The van der Waals surface area contributed by atoms with Crippen LogP contribution in [-0.4, -0.2) is 37.0 Å². The third-order valence-electron chi connectivity index (χ3n) is 5.36. The standard InChI is InChI=1S/C24H29N3O4/c1-25-17-18-5-9-21(10-6-18)29-15-13-27-12-11-19-7-8-20(16-22(19)27)24(28)26-31-23-4-2-3-14-30-23/h5-12,16,23,25H,2-4,13-15,17H2,1H3,(H,26,28). The Kier molecular flexibility index (Phi) is 7.19. The second-order valence-electron chi connectivity index (χ2n) is 7.65. The van der Waals surface area contributed by atoms with Gasteiger partial charge in [-0.15, -0.1) is 0 Å². The maximum absolute atomic E-state index is 12.5. The molecule has 3 aromatic rings. The smallest absolute Gasteiger partial charge is 0.275 e. The van der Waals surface area contributed by atoms with Crippen molar-refractivity contribution in [1.82, 2.24) is 15.4 Å². The van der Waals surface area contributed by atoms with E-state index in [1.807, 2.05) is 43.6 Å². The van der Waals surface area contributed by atoms with E-state index in [9.17, 15) is 4.79 Å². The van der Waals surface area contributed by atoms with E-state index in [0.29, 0.717) is 25.3 Å². The SMILES string of the molecule is CNCc1ccc(OCCn2ccc3ccc(C(=O)NOC4CCCCO4)cc32)cc1. The van der Waals surface area contributed by atoms with Crippen molar-refractivity contribution in [3.05, 3.63) is 65.9 Å². The van der Waals surface area contributed by atoms with Gasteiger partial charge < -0.3 is 19.4 Å². The molecule has 0 saturated carbocycles. The second kappa shape index (κ2) is 10.4. The van der Waals surface area contributed by atoms with E-state index in [2.05, 4.69) is 27.5 Å². The number of carbonyl (C=O) groups excluding carboxylic acids is 1. The average molecular weight is 424 g/mol. The van der Waals surface area contributed by atoms with Crippen LogP contribution >= 0.6 is 0 Å². The van der Waals surface area contributed by atoms with Crippen molar-refractivity contribution in [3.63, 3.8) is 0 Å². The van der Waals surface area contributed by atoms with Gasteiger partial charge in [-0.05, 0) is 61.2 Å². The van der Waals surface area contributed by atoms with E-state index < -0.39 is 0 Å². The van der Waals surface area contributed by atoms with Crippen LogP contribution in [0.4, 0.5) is 0 Å². The molecule has 4 rings (SSSR count). The van der Waals surface area contributed by atoms with Crippen molar-refractivity contribution in [1.29, 1.82) is 0 Å². The highest BCUT2D eigenvalue weighted by Crippen LogP contribution is 2.19. The Balaban J connectivity index is 1.34. The average Bonchev–Trinajstić information content (AvgIpc) is 3.22. The second-order valence-corrected chi connectivity index (χ2v) is 7.65. The van der Waals surface area contributed by atoms with E-state index in [1.165, 1.54) is 5.56 Å². The summed E-state index contributed by atoms with van der Waals surface area (Å²) in [5.74, 6) is 0.570. The molecule has 1 saturated heterocycles. The molecule has 0 aliphatic carbocycles. The minimum absolute atomic E-state index is 0.276. The Bertz CT molecular complexity index is 994. The lowest BCUT2D eigenvalue weighted by molar-refractivity contribution is -0.186. The Hall–Kier alpha value is -2.87. The molecular formula is C24H29N3O4. The largest absolute Gasteiger partial charge is 0.492 e. The van der Waals surface area contributed by atoms with Crippen molar-refractivity contribution >= 4 is 16.8 Å². The molecule has 0 radical (unpaired) electrons. The third-order valence-corrected chi connectivity index (χ3v) is 5.36. The number of aromatic nitrogens is 1. The van der Waals surface area contributed by atoms with E-state index >= 15 is 0 Å². The Morgan fingerprint density at radius 1 is 1.16 bits per heavy atom. The molecule has 1 fully saturated rings. The molecule has 1 aliphatic rings. The van der Waals surface area contributed by atoms with Crippen LogP contribution in [0.15, 0.2) is 54.7 Å². The van der Waals surface area contributed by atoms with Crippen LogP contribution in [0, 0.1) is 0 Å². The Labute approximate surface area is 182 Å². The number of hydroxylamine groups is 1. The normalized spacial score (nSPS) is 16.4. The number of fused-ring (bicyclic) bond motifs is 1. The summed E-state index contributed by atoms with van der Waals surface area (Å²) in [5, 5.41) is 4.21. The Morgan fingerprint density at radius 3 is 2.81 bits per heavy atom. The molecule has 7 nitrogen and oxygen atoms in total. The number of amides is 1. The van der Waals surface area contributed by atoms with Gasteiger partial charge in [0.1, 0.15) is 12.4 Å². The summed E-state index contributed by atoms with van der Waals surface area (Å²) in [5.41, 5.74) is 5.27. The number of rotatable bonds is 9. The summed E-state index contributed by atoms with van der Waals surface area (Å²) in [6.45, 7) is 2.72. The van der Waals surface area contributed by atoms with Crippen LogP contribution in [0.25, 0.3) is 10.9 Å². The van der Waals surface area contributed by atoms with Crippen LogP contribution in [0.2, 0.25) is 0 Å². The molecule has 31 heavy (non-hydrogen) atoms. The number of nitrogens with zero attached hydrogens (tertiary/aromatic N) is 1. The van der Waals surface area contributed by atoms with E-state index in [1.54, 1.807) is 6.07 Å². The van der Waals surface area contributed by atoms with Crippen molar-refractivity contribution in [2.24, 2.45) is 0 Å². The van der Waals surface area contributed by atoms with Gasteiger partial charge in [0, 0.05) is 36.8 Å². The van der Waals surface area contributed by atoms with Crippen LogP contribution in [-0.2, 0) is 22.7 Å². The lowest BCUT2D eigenvalue weighted by Gasteiger charge is -2.22. The number of ether oxygens (including phenoxy) is 2. The van der Waals surface area contributed by atoms with Crippen molar-refractivity contribution in [2.45, 2.75) is 38.6 Å². The zero-order valence-electron chi connectivity index (χ0n) is 17.8. The molecule has 1 atom stereocenters. The third kappa shape index (κ3) is 5.64. The van der Waals surface area contributed by atoms with Gasteiger partial charge >= 0.3 is 0 Å². The van der Waals surface area contributed by atoms with Crippen molar-refractivity contribution < 1.29 is 19.1 Å². The van der Waals surface area contributed by atoms with Crippen LogP contribution in [0.1, 0.15) is 35.2 Å². The summed E-state index contributed by atoms with van der Waals surface area (Å²) in [4.78, 5) is 17.9. The zero-order valence-corrected chi connectivity index (χ0v) is 17.8. The van der Waals surface area contributed by atoms with Crippen molar-refractivity contribution in [3.8, 4) is 5.75 Å². The molecule has 2 aromatic carbocycles. The molecule has 7 heteroatoms. The summed E-state index contributed by atoms with van der Waals surface area (Å²) in [6, 6.07) is 15.7. The number of benzene rings is 2. The van der Waals surface area contributed by atoms with Gasteiger partial charge in [0.15, 0.2) is 6.29 Å². The number of nitrogens with one attached hydrogen (secondary N) is 2. The predicted octanol–water partition coefficient (Wildman–Crippen LogP) is 3.63. The molecule has 1 aliphatic heterocycles. The molecule has 2 N–H and O–H groups in total. The summed E-state index contributed by atoms with van der Waals surface area (Å²) >= 11 is 0. The lowest BCUT2D eigenvalue weighted by atomic mass is 10.1. The van der Waals surface area contributed by atoms with E-state index in [4.69, 9.17) is 14.3 Å². The molecule has 0 spiro atoms. The van der Waals surface area contributed by atoms with E-state index in [0.717, 1.165) is 42.5 Å². The quantitative estimate of drug-likeness (QED) is 0.514. The van der Waals surface area contributed by atoms with E-state index in [-0.39, 0.29) is 12.2 Å². The van der Waals surface area contributed by atoms with Gasteiger partial charge in [0.2, 0.25) is 0 Å². The molecule has 1 aromatic heterocycles. The topological polar surface area (TPSA) is 73.8 Å². The first kappa shape index (κ1) is 21.4. The fourth-order valence-corrected chi connectivity index (χ4v) is 3.67. The van der Waals surface area contributed by atoms with Gasteiger partial charge in [-0.25, -0.2) is 10.3 Å². The molecule has 0 bridgehead atoms. The van der Waals surface area contributed by atoms with Crippen LogP contribution < -0.4 is 15.5 Å². The van der Waals surface area contributed by atoms with Crippen molar-refractivity contribution in [2.75, 3.05) is 20.3 Å². The number of hydrogen-bond donors (Lipinski definition) is 2. The highest BCUT2D eigenvalue weighted by Gasteiger charge is 2.16. The minimum Gasteiger partial charge on any atom is -0.492 e. The zero-order chi connectivity index (χ0) is 21.5. The van der Waals surface area contributed by atoms with Gasteiger partial charge in [0.25, 0.3) is 5.91 Å². The molecular weight excluding hydrogens is 394 g/mol. The van der Waals surface area contributed by atoms with Gasteiger partial charge in [-0.2, -0.15) is 0 Å². The highest BCUT2D eigenvalue weighted by molar-refractivity contribution is 5.97. The maximum Gasteiger partial charge on any atom is 0.275 e. The highest BCUT2D eigenvalue weighted by atomic mass is 16.8. The van der Waals surface area contributed by atoms with Gasteiger partial charge in [-0.1, -0.05) is 18.2 Å². The van der Waals surface area contributed by atoms with Crippen LogP contribution in [0.5, 0.6) is 5.75 Å². The Morgan fingerprint density at radius 2 is 2.03 bits per heavy atom. The monoisotopic (exact) mass is 423 g/mol.